The lowest BCUT2D eigenvalue weighted by Gasteiger charge is -2.14. The number of benzene rings is 8. The molecule has 10 aromatic rings. The largest absolute Gasteiger partial charge is 0.456 e. The maximum atomic E-state index is 6.70. The molecule has 0 aliphatic carbocycles. The van der Waals surface area contributed by atoms with Crippen LogP contribution in [0.25, 0.3) is 98.6 Å². The van der Waals surface area contributed by atoms with Gasteiger partial charge in [0.05, 0.1) is 22.4 Å². The van der Waals surface area contributed by atoms with Crippen LogP contribution in [-0.2, 0) is 0 Å². The zero-order valence-corrected chi connectivity index (χ0v) is 23.0. The van der Waals surface area contributed by atoms with E-state index >= 15 is 0 Å². The number of fused-ring (bicyclic) bond motifs is 7. The van der Waals surface area contributed by atoms with E-state index in [9.17, 15) is 0 Å². The van der Waals surface area contributed by atoms with Gasteiger partial charge in [0.25, 0.3) is 0 Å². The molecule has 0 saturated carbocycles. The summed E-state index contributed by atoms with van der Waals surface area (Å²) in [5.74, 6) is 0. The third kappa shape index (κ3) is 3.19. The summed E-state index contributed by atoms with van der Waals surface area (Å²) in [7, 11) is 0. The highest BCUT2D eigenvalue weighted by Crippen LogP contribution is 2.47. The Bertz CT molecular complexity index is 2740. The van der Waals surface area contributed by atoms with Crippen molar-refractivity contribution in [3.8, 4) is 22.5 Å². The van der Waals surface area contributed by atoms with Crippen molar-refractivity contribution in [2.45, 2.75) is 0 Å². The summed E-state index contributed by atoms with van der Waals surface area (Å²) >= 11 is 0. The SMILES string of the molecule is c1ccc2cc(-c3nc4ccccc4nc3-c3cc4oc5cc6ccccc6c6c7ccccc7c(c3)c4c56)ccc2c1. The Morgan fingerprint density at radius 1 is 0.372 bits per heavy atom. The molecule has 0 bridgehead atoms. The number of hydrogen-bond donors (Lipinski definition) is 0. The Balaban J connectivity index is 1.35. The number of hydrogen-bond acceptors (Lipinski definition) is 3. The van der Waals surface area contributed by atoms with Crippen molar-refractivity contribution >= 4 is 76.1 Å². The van der Waals surface area contributed by atoms with E-state index < -0.39 is 0 Å². The molecule has 43 heavy (non-hydrogen) atoms. The van der Waals surface area contributed by atoms with Crippen LogP contribution < -0.4 is 0 Å². The molecule has 0 unspecified atom stereocenters. The van der Waals surface area contributed by atoms with Crippen molar-refractivity contribution < 1.29 is 4.42 Å². The van der Waals surface area contributed by atoms with Crippen LogP contribution >= 0.6 is 0 Å². The average Bonchev–Trinajstić information content (AvgIpc) is 3.44. The van der Waals surface area contributed by atoms with Crippen LogP contribution in [0.1, 0.15) is 0 Å². The number of para-hydroxylation sites is 2. The summed E-state index contributed by atoms with van der Waals surface area (Å²) in [6.45, 7) is 0. The van der Waals surface area contributed by atoms with Gasteiger partial charge in [-0.2, -0.15) is 0 Å². The Hall–Kier alpha value is -5.80. The molecule has 8 aromatic carbocycles. The van der Waals surface area contributed by atoms with Gasteiger partial charge in [-0.25, -0.2) is 9.97 Å². The third-order valence-corrected chi connectivity index (χ3v) is 8.94. The monoisotopic (exact) mass is 546 g/mol. The Morgan fingerprint density at radius 3 is 1.81 bits per heavy atom. The molecular weight excluding hydrogens is 524 g/mol. The van der Waals surface area contributed by atoms with Crippen molar-refractivity contribution in [3.05, 3.63) is 133 Å². The molecule has 0 fully saturated rings. The highest BCUT2D eigenvalue weighted by molar-refractivity contribution is 6.38. The van der Waals surface area contributed by atoms with Crippen LogP contribution in [0.5, 0.6) is 0 Å². The van der Waals surface area contributed by atoms with E-state index in [-0.39, 0.29) is 0 Å². The highest BCUT2D eigenvalue weighted by Gasteiger charge is 2.22. The van der Waals surface area contributed by atoms with Gasteiger partial charge in [-0.05, 0) is 74.1 Å². The van der Waals surface area contributed by atoms with Crippen LogP contribution in [0, 0.1) is 0 Å². The molecule has 198 valence electrons. The molecule has 0 saturated heterocycles. The fraction of sp³-hybridized carbons (Fsp3) is 0. The molecule has 0 spiro atoms. The van der Waals surface area contributed by atoms with Gasteiger partial charge in [0.2, 0.25) is 0 Å². The van der Waals surface area contributed by atoms with Crippen molar-refractivity contribution in [2.75, 3.05) is 0 Å². The minimum atomic E-state index is 0.848. The van der Waals surface area contributed by atoms with Crippen LogP contribution in [-0.4, -0.2) is 9.97 Å². The van der Waals surface area contributed by atoms with Crippen LogP contribution in [0.4, 0.5) is 0 Å². The minimum absolute atomic E-state index is 0.848. The second-order valence-electron chi connectivity index (χ2n) is 11.4. The van der Waals surface area contributed by atoms with Crippen LogP contribution in [0.2, 0.25) is 0 Å². The summed E-state index contributed by atoms with van der Waals surface area (Å²) in [4.78, 5) is 10.5. The van der Waals surface area contributed by atoms with E-state index in [0.29, 0.717) is 0 Å². The molecule has 2 heterocycles. The van der Waals surface area contributed by atoms with Crippen molar-refractivity contribution in [2.24, 2.45) is 0 Å². The van der Waals surface area contributed by atoms with E-state index in [1.807, 2.05) is 24.3 Å². The molecule has 0 amide bonds. The standard InChI is InChI=1S/C40H22N2O/c1-2-10-24-19-26(18-17-23(24)9-1)39-40(42-33-16-8-7-15-32(33)41-39)27-20-31-29-13-5-6-14-30(29)36-28-12-4-3-11-25(28)21-35-38(36)37(31)34(22-27)43-35/h1-22H. The molecule has 2 aromatic heterocycles. The van der Waals surface area contributed by atoms with E-state index in [2.05, 4.69) is 109 Å². The summed E-state index contributed by atoms with van der Waals surface area (Å²) in [5, 5.41) is 12.0. The first-order chi connectivity index (χ1) is 21.3. The number of rotatable bonds is 2. The molecule has 0 radical (unpaired) electrons. The predicted molar refractivity (Wildman–Crippen MR) is 179 cm³/mol. The number of nitrogens with zero attached hydrogens (tertiary/aromatic N) is 2. The van der Waals surface area contributed by atoms with Crippen LogP contribution in [0.3, 0.4) is 0 Å². The Labute approximate surface area is 246 Å². The zero-order valence-electron chi connectivity index (χ0n) is 23.0. The highest BCUT2D eigenvalue weighted by atomic mass is 16.3. The topological polar surface area (TPSA) is 38.9 Å². The predicted octanol–water partition coefficient (Wildman–Crippen LogP) is 10.9. The van der Waals surface area contributed by atoms with Gasteiger partial charge < -0.3 is 4.42 Å². The van der Waals surface area contributed by atoms with Gasteiger partial charge in [-0.3, -0.25) is 0 Å². The van der Waals surface area contributed by atoms with Gasteiger partial charge in [-0.1, -0.05) is 97.1 Å². The lowest BCUT2D eigenvalue weighted by atomic mass is 9.90. The number of aromatic nitrogens is 2. The molecule has 0 aliphatic rings. The van der Waals surface area contributed by atoms with Gasteiger partial charge >= 0.3 is 0 Å². The smallest absolute Gasteiger partial charge is 0.136 e. The lowest BCUT2D eigenvalue weighted by molar-refractivity contribution is 0.670. The summed E-state index contributed by atoms with van der Waals surface area (Å²) in [5.41, 5.74) is 7.27. The van der Waals surface area contributed by atoms with Crippen molar-refractivity contribution in [1.29, 1.82) is 0 Å². The van der Waals surface area contributed by atoms with E-state index in [1.54, 1.807) is 0 Å². The fourth-order valence-corrected chi connectivity index (χ4v) is 7.03. The van der Waals surface area contributed by atoms with Gasteiger partial charge in [0, 0.05) is 27.3 Å². The molecule has 3 nitrogen and oxygen atoms in total. The maximum Gasteiger partial charge on any atom is 0.136 e. The summed E-state index contributed by atoms with van der Waals surface area (Å²) in [6, 6.07) is 47.0. The van der Waals surface area contributed by atoms with E-state index in [1.165, 1.54) is 53.9 Å². The Kier molecular flexibility index (Phi) is 4.45. The quantitative estimate of drug-likeness (QED) is 0.202. The lowest BCUT2D eigenvalue weighted by Crippen LogP contribution is -1.96. The second kappa shape index (κ2) is 8.37. The molecule has 0 atom stereocenters. The van der Waals surface area contributed by atoms with E-state index in [0.717, 1.165) is 44.7 Å². The second-order valence-corrected chi connectivity index (χ2v) is 11.4. The summed E-state index contributed by atoms with van der Waals surface area (Å²) in [6.07, 6.45) is 0. The van der Waals surface area contributed by atoms with E-state index in [4.69, 9.17) is 14.4 Å². The van der Waals surface area contributed by atoms with Gasteiger partial charge in [0.1, 0.15) is 11.2 Å². The van der Waals surface area contributed by atoms with Gasteiger partial charge in [-0.15, -0.1) is 0 Å². The van der Waals surface area contributed by atoms with Crippen molar-refractivity contribution in [1.82, 2.24) is 9.97 Å². The summed E-state index contributed by atoms with van der Waals surface area (Å²) < 4.78 is 6.70. The normalized spacial score (nSPS) is 12.2. The molecule has 10 rings (SSSR count). The van der Waals surface area contributed by atoms with Gasteiger partial charge in [0.15, 0.2) is 0 Å². The first-order valence-electron chi connectivity index (χ1n) is 14.6. The molecule has 0 aliphatic heterocycles. The number of furan rings is 1. The minimum Gasteiger partial charge on any atom is -0.456 e. The van der Waals surface area contributed by atoms with Crippen LogP contribution in [0.15, 0.2) is 138 Å². The zero-order chi connectivity index (χ0) is 28.1. The molecule has 3 heteroatoms. The average molecular weight is 547 g/mol. The maximum absolute atomic E-state index is 6.70. The first kappa shape index (κ1) is 22.8. The third-order valence-electron chi connectivity index (χ3n) is 8.94. The first-order valence-corrected chi connectivity index (χ1v) is 14.6. The fourth-order valence-electron chi connectivity index (χ4n) is 7.03. The van der Waals surface area contributed by atoms with Crippen molar-refractivity contribution in [3.63, 3.8) is 0 Å². The molecule has 0 N–H and O–H groups in total. The molecular formula is C40H22N2O. The Morgan fingerprint density at radius 2 is 1.00 bits per heavy atom.